The number of nitrogens with one attached hydrogen (secondary N) is 1. The zero-order valence-corrected chi connectivity index (χ0v) is 13.4. The van der Waals surface area contributed by atoms with Crippen LogP contribution in [0.3, 0.4) is 0 Å². The Labute approximate surface area is 125 Å². The fraction of sp³-hybridized carbons (Fsp3) is 1.00. The minimum Gasteiger partial charge on any atom is -0.380 e. The maximum atomic E-state index is 5.57. The third kappa shape index (κ3) is 5.34. The van der Waals surface area contributed by atoms with Gasteiger partial charge in [0.1, 0.15) is 0 Å². The molecule has 2 fully saturated rings. The van der Waals surface area contributed by atoms with Gasteiger partial charge in [0.05, 0.1) is 6.61 Å². The number of unbranched alkanes of at least 4 members (excludes halogenated alkanes) is 1. The summed E-state index contributed by atoms with van der Waals surface area (Å²) < 4.78 is 5.57. The van der Waals surface area contributed by atoms with Gasteiger partial charge in [-0.3, -0.25) is 4.90 Å². The molecule has 0 aromatic heterocycles. The van der Waals surface area contributed by atoms with Gasteiger partial charge in [-0.15, -0.1) is 0 Å². The molecular formula is C17H34N2O. The standard InChI is InChI=1S/C17H34N2O/c1-2-3-14-20-15-11-18-10-13-19-12-6-9-17(19)16-7-4-5-8-16/h16-18H,2-15H2,1H3. The second kappa shape index (κ2) is 9.75. The van der Waals surface area contributed by atoms with E-state index in [9.17, 15) is 0 Å². The van der Waals surface area contributed by atoms with Crippen LogP contribution in [0.1, 0.15) is 58.3 Å². The van der Waals surface area contributed by atoms with Crippen LogP contribution in [0.5, 0.6) is 0 Å². The smallest absolute Gasteiger partial charge is 0.0590 e. The molecule has 20 heavy (non-hydrogen) atoms. The van der Waals surface area contributed by atoms with Crippen molar-refractivity contribution in [3.05, 3.63) is 0 Å². The SMILES string of the molecule is CCCCOCCNCCN1CCCC1C1CCCC1. The molecular weight excluding hydrogens is 248 g/mol. The summed E-state index contributed by atoms with van der Waals surface area (Å²) in [5.74, 6) is 1.01. The van der Waals surface area contributed by atoms with E-state index in [2.05, 4.69) is 17.1 Å². The zero-order chi connectivity index (χ0) is 14.0. The molecule has 1 heterocycles. The molecule has 1 N–H and O–H groups in total. The van der Waals surface area contributed by atoms with Crippen LogP contribution in [-0.4, -0.2) is 50.3 Å². The molecule has 1 atom stereocenters. The minimum absolute atomic E-state index is 0.867. The fourth-order valence-electron chi connectivity index (χ4n) is 3.85. The lowest BCUT2D eigenvalue weighted by Crippen LogP contribution is -2.39. The van der Waals surface area contributed by atoms with Crippen molar-refractivity contribution in [2.45, 2.75) is 64.3 Å². The summed E-state index contributed by atoms with van der Waals surface area (Å²) in [6.07, 6.45) is 11.2. The van der Waals surface area contributed by atoms with Gasteiger partial charge in [0.2, 0.25) is 0 Å². The Hall–Kier alpha value is -0.120. The monoisotopic (exact) mass is 282 g/mol. The van der Waals surface area contributed by atoms with Crippen LogP contribution in [0.15, 0.2) is 0 Å². The molecule has 0 bridgehead atoms. The predicted octanol–water partition coefficient (Wildman–Crippen LogP) is 3.05. The molecule has 1 saturated heterocycles. The van der Waals surface area contributed by atoms with Gasteiger partial charge in [-0.2, -0.15) is 0 Å². The van der Waals surface area contributed by atoms with Crippen LogP contribution in [0.2, 0.25) is 0 Å². The van der Waals surface area contributed by atoms with E-state index in [4.69, 9.17) is 4.74 Å². The molecule has 0 aromatic carbocycles. The van der Waals surface area contributed by atoms with Crippen LogP contribution >= 0.6 is 0 Å². The highest BCUT2D eigenvalue weighted by molar-refractivity contribution is 4.87. The first kappa shape index (κ1) is 16.3. The molecule has 1 aliphatic carbocycles. The van der Waals surface area contributed by atoms with E-state index in [1.54, 1.807) is 0 Å². The van der Waals surface area contributed by atoms with E-state index >= 15 is 0 Å². The molecule has 2 rings (SSSR count). The first-order valence-corrected chi connectivity index (χ1v) is 8.94. The highest BCUT2D eigenvalue weighted by atomic mass is 16.5. The molecule has 3 heteroatoms. The molecule has 1 unspecified atom stereocenters. The number of hydrogen-bond acceptors (Lipinski definition) is 3. The summed E-state index contributed by atoms with van der Waals surface area (Å²) in [5.41, 5.74) is 0. The third-order valence-electron chi connectivity index (χ3n) is 5.00. The number of nitrogens with zero attached hydrogens (tertiary/aromatic N) is 1. The predicted molar refractivity (Wildman–Crippen MR) is 85.1 cm³/mol. The Bertz CT molecular complexity index is 241. The molecule has 3 nitrogen and oxygen atoms in total. The van der Waals surface area contributed by atoms with Crippen LogP contribution in [0, 0.1) is 5.92 Å². The van der Waals surface area contributed by atoms with Crippen molar-refractivity contribution in [2.24, 2.45) is 5.92 Å². The summed E-state index contributed by atoms with van der Waals surface area (Å²) in [6.45, 7) is 8.69. The topological polar surface area (TPSA) is 24.5 Å². The maximum absolute atomic E-state index is 5.57. The molecule has 0 aromatic rings. The fourth-order valence-corrected chi connectivity index (χ4v) is 3.85. The quantitative estimate of drug-likeness (QED) is 0.623. The lowest BCUT2D eigenvalue weighted by Gasteiger charge is -2.29. The van der Waals surface area contributed by atoms with Crippen molar-refractivity contribution in [1.82, 2.24) is 10.2 Å². The zero-order valence-electron chi connectivity index (χ0n) is 13.4. The largest absolute Gasteiger partial charge is 0.380 e. The van der Waals surface area contributed by atoms with E-state index < -0.39 is 0 Å². The Balaban J connectivity index is 1.50. The normalized spacial score (nSPS) is 24.8. The Kier molecular flexibility index (Phi) is 7.92. The van der Waals surface area contributed by atoms with E-state index in [0.717, 1.165) is 38.3 Å². The highest BCUT2D eigenvalue weighted by Gasteiger charge is 2.32. The number of ether oxygens (including phenoxy) is 1. The van der Waals surface area contributed by atoms with Gasteiger partial charge in [0.25, 0.3) is 0 Å². The lowest BCUT2D eigenvalue weighted by atomic mass is 9.96. The van der Waals surface area contributed by atoms with Crippen molar-refractivity contribution >= 4 is 0 Å². The second-order valence-corrected chi connectivity index (χ2v) is 6.51. The van der Waals surface area contributed by atoms with Crippen LogP contribution < -0.4 is 5.32 Å². The van der Waals surface area contributed by atoms with Crippen LogP contribution in [0.4, 0.5) is 0 Å². The van der Waals surface area contributed by atoms with Crippen LogP contribution in [-0.2, 0) is 4.74 Å². The van der Waals surface area contributed by atoms with Gasteiger partial charge >= 0.3 is 0 Å². The molecule has 1 aliphatic heterocycles. The molecule has 118 valence electrons. The lowest BCUT2D eigenvalue weighted by molar-refractivity contribution is 0.131. The summed E-state index contributed by atoms with van der Waals surface area (Å²) in [5, 5.41) is 3.53. The van der Waals surface area contributed by atoms with Gasteiger partial charge in [-0.25, -0.2) is 0 Å². The summed E-state index contributed by atoms with van der Waals surface area (Å²) in [7, 11) is 0. The Morgan fingerprint density at radius 1 is 1.05 bits per heavy atom. The van der Waals surface area contributed by atoms with Gasteiger partial charge in [0, 0.05) is 32.3 Å². The second-order valence-electron chi connectivity index (χ2n) is 6.51. The van der Waals surface area contributed by atoms with Crippen molar-refractivity contribution in [3.8, 4) is 0 Å². The van der Waals surface area contributed by atoms with Crippen molar-refractivity contribution < 1.29 is 4.74 Å². The van der Waals surface area contributed by atoms with E-state index in [-0.39, 0.29) is 0 Å². The average molecular weight is 282 g/mol. The Morgan fingerprint density at radius 3 is 2.70 bits per heavy atom. The van der Waals surface area contributed by atoms with Crippen molar-refractivity contribution in [2.75, 3.05) is 39.4 Å². The summed E-state index contributed by atoms with van der Waals surface area (Å²) >= 11 is 0. The van der Waals surface area contributed by atoms with Crippen molar-refractivity contribution in [3.63, 3.8) is 0 Å². The summed E-state index contributed by atoms with van der Waals surface area (Å²) in [6, 6.07) is 0.903. The number of hydrogen-bond donors (Lipinski definition) is 1. The molecule has 0 amide bonds. The van der Waals surface area contributed by atoms with Crippen molar-refractivity contribution in [1.29, 1.82) is 0 Å². The van der Waals surface area contributed by atoms with Gasteiger partial charge in [0.15, 0.2) is 0 Å². The molecule has 2 aliphatic rings. The van der Waals surface area contributed by atoms with E-state index in [0.29, 0.717) is 0 Å². The van der Waals surface area contributed by atoms with Crippen LogP contribution in [0.25, 0.3) is 0 Å². The average Bonchev–Trinajstić information content (AvgIpc) is 3.11. The molecule has 0 spiro atoms. The molecule has 0 radical (unpaired) electrons. The highest BCUT2D eigenvalue weighted by Crippen LogP contribution is 2.34. The van der Waals surface area contributed by atoms with Gasteiger partial charge < -0.3 is 10.1 Å². The molecule has 1 saturated carbocycles. The van der Waals surface area contributed by atoms with E-state index in [1.807, 2.05) is 0 Å². The Morgan fingerprint density at radius 2 is 1.90 bits per heavy atom. The van der Waals surface area contributed by atoms with Gasteiger partial charge in [-0.05, 0) is 44.6 Å². The first-order valence-electron chi connectivity index (χ1n) is 8.94. The number of likely N-dealkylation sites (tertiary alicyclic amines) is 1. The van der Waals surface area contributed by atoms with E-state index in [1.165, 1.54) is 64.5 Å². The number of rotatable bonds is 10. The summed E-state index contributed by atoms with van der Waals surface area (Å²) in [4.78, 5) is 2.75. The van der Waals surface area contributed by atoms with Gasteiger partial charge in [-0.1, -0.05) is 26.2 Å². The minimum atomic E-state index is 0.867. The first-order chi connectivity index (χ1) is 9.92. The third-order valence-corrected chi connectivity index (χ3v) is 5.00. The maximum Gasteiger partial charge on any atom is 0.0590 e.